The van der Waals surface area contributed by atoms with Crippen LogP contribution < -0.4 is 11.1 Å². The van der Waals surface area contributed by atoms with Crippen molar-refractivity contribution >= 4 is 75.2 Å². The Labute approximate surface area is 237 Å². The molecule has 0 aromatic carbocycles. The van der Waals surface area contributed by atoms with E-state index in [1.165, 1.54) is 5.38 Å². The van der Waals surface area contributed by atoms with Crippen LogP contribution in [0.15, 0.2) is 33.9 Å². The van der Waals surface area contributed by atoms with Gasteiger partial charge in [-0.3, -0.25) is 19.3 Å². The number of Topliss-reactive ketones (excluding diaryl/α,β-unsaturated/α-hetero) is 1. The van der Waals surface area contributed by atoms with Crippen LogP contribution in [0.1, 0.15) is 26.5 Å². The van der Waals surface area contributed by atoms with Crippen molar-refractivity contribution in [3.05, 3.63) is 45.9 Å². The number of carboxylic acid groups (broad SMARTS) is 2. The van der Waals surface area contributed by atoms with Crippen LogP contribution in [-0.4, -0.2) is 87.2 Å². The monoisotopic (exact) mass is 629 g/mol. The Balaban J connectivity index is 1.36. The van der Waals surface area contributed by atoms with Crippen molar-refractivity contribution in [2.45, 2.75) is 22.6 Å². The molecular formula is C21H14F3N7O7S3. The summed E-state index contributed by atoms with van der Waals surface area (Å²) >= 11 is 2.73. The fourth-order valence-corrected chi connectivity index (χ4v) is 6.96. The first-order chi connectivity index (χ1) is 19.3. The highest BCUT2D eigenvalue weighted by Gasteiger charge is 2.54. The van der Waals surface area contributed by atoms with Crippen molar-refractivity contribution in [3.8, 4) is 0 Å². The van der Waals surface area contributed by atoms with E-state index in [1.807, 2.05) is 0 Å². The van der Waals surface area contributed by atoms with Gasteiger partial charge in [0.2, 0.25) is 0 Å². The molecule has 41 heavy (non-hydrogen) atoms. The van der Waals surface area contributed by atoms with Crippen molar-refractivity contribution in [2.75, 3.05) is 17.2 Å². The number of nitrogens with zero attached hydrogens (tertiary/aromatic N) is 5. The predicted molar refractivity (Wildman–Crippen MR) is 136 cm³/mol. The number of thiazole rings is 1. The normalized spacial score (nSPS) is 18.7. The third-order valence-electron chi connectivity index (χ3n) is 5.86. The molecule has 214 valence electrons. The number of hydrogen-bond acceptors (Lipinski definition) is 12. The summed E-state index contributed by atoms with van der Waals surface area (Å²) in [7, 11) is 0. The Hall–Kier alpha value is -4.17. The number of ketones is 1. The van der Waals surface area contributed by atoms with Crippen LogP contribution in [0.25, 0.3) is 5.65 Å². The molecule has 2 amide bonds. The fraction of sp³-hybridized carbons (Fsp3) is 0.238. The molecule has 0 spiro atoms. The van der Waals surface area contributed by atoms with Gasteiger partial charge in [-0.2, -0.15) is 18.3 Å². The maximum Gasteiger partial charge on any atom is 0.433 e. The number of β-lactam (4-membered cyclic amide) rings is 1. The van der Waals surface area contributed by atoms with Crippen molar-refractivity contribution < 1.29 is 47.4 Å². The summed E-state index contributed by atoms with van der Waals surface area (Å²) in [5, 5.41) is 25.1. The van der Waals surface area contributed by atoms with Gasteiger partial charge in [0, 0.05) is 23.0 Å². The lowest BCUT2D eigenvalue weighted by Gasteiger charge is -2.49. The van der Waals surface area contributed by atoms with Crippen LogP contribution in [0.3, 0.4) is 0 Å². The van der Waals surface area contributed by atoms with Crippen LogP contribution in [0.5, 0.6) is 0 Å². The van der Waals surface area contributed by atoms with E-state index in [0.717, 1.165) is 34.2 Å². The van der Waals surface area contributed by atoms with Gasteiger partial charge in [-0.15, -0.1) is 34.9 Å². The summed E-state index contributed by atoms with van der Waals surface area (Å²) in [6.07, 6.45) is -4.17. The quantitative estimate of drug-likeness (QED) is 0.0908. The van der Waals surface area contributed by atoms with Crippen molar-refractivity contribution in [1.82, 2.24) is 29.8 Å². The standard InChI is InChI=1S/C21H14F3N7O7S3/c22-21(23,24)9-1-10(28-14-7(18(35)36)2-26-31(9)14)39-3-6-4-40-17-11(16(34)30(17)12(6)19(37)38)29-15(33)13(32)8-5-41-20(25)27-8/h1-2,5,11,17H,3-4H2,(H2,25,27)(H,29,33)(H,35,36)(H,37,38)/t11-,17-/m1/s1. The third kappa shape index (κ3) is 5.08. The first-order valence-corrected chi connectivity index (χ1v) is 14.0. The average Bonchev–Trinajstić information content (AvgIpc) is 3.54. The summed E-state index contributed by atoms with van der Waals surface area (Å²) in [4.78, 5) is 69.7. The maximum atomic E-state index is 13.7. The average molecular weight is 630 g/mol. The van der Waals surface area contributed by atoms with E-state index < -0.39 is 69.7 Å². The molecule has 2 aliphatic heterocycles. The predicted octanol–water partition coefficient (Wildman–Crippen LogP) is 1.20. The number of amides is 2. The molecule has 5 rings (SSSR count). The number of carboxylic acids is 2. The second-order valence-corrected chi connectivity index (χ2v) is 11.4. The Kier molecular flexibility index (Phi) is 7.15. The van der Waals surface area contributed by atoms with Crippen LogP contribution >= 0.6 is 34.9 Å². The van der Waals surface area contributed by atoms with E-state index in [2.05, 4.69) is 20.4 Å². The number of thioether (sulfide) groups is 2. The van der Waals surface area contributed by atoms with Gasteiger partial charge >= 0.3 is 18.1 Å². The highest BCUT2D eigenvalue weighted by Crippen LogP contribution is 2.42. The molecule has 5 heterocycles. The minimum absolute atomic E-state index is 0.0213. The number of fused-ring (bicyclic) bond motifs is 2. The number of carbonyl (C=O) groups excluding carboxylic acids is 3. The van der Waals surface area contributed by atoms with Gasteiger partial charge in [-0.25, -0.2) is 24.1 Å². The summed E-state index contributed by atoms with van der Waals surface area (Å²) in [6, 6.07) is -0.547. The summed E-state index contributed by atoms with van der Waals surface area (Å²) in [5.41, 5.74) is 2.63. The number of alkyl halides is 3. The number of aliphatic carboxylic acids is 1. The maximum absolute atomic E-state index is 13.7. The van der Waals surface area contributed by atoms with E-state index in [9.17, 15) is 47.4 Å². The molecule has 2 atom stereocenters. The van der Waals surface area contributed by atoms with Gasteiger partial charge in [0.15, 0.2) is 16.5 Å². The Bertz CT molecular complexity index is 1690. The highest BCUT2D eigenvalue weighted by molar-refractivity contribution is 8.01. The Morgan fingerprint density at radius 2 is 1.93 bits per heavy atom. The van der Waals surface area contributed by atoms with Crippen molar-refractivity contribution in [1.29, 1.82) is 0 Å². The molecule has 0 unspecified atom stereocenters. The van der Waals surface area contributed by atoms with Gasteiger partial charge in [0.25, 0.3) is 17.6 Å². The molecule has 0 aliphatic carbocycles. The zero-order valence-corrected chi connectivity index (χ0v) is 22.4. The number of aromatic nitrogens is 4. The smallest absolute Gasteiger partial charge is 0.433 e. The molecule has 3 aromatic heterocycles. The zero-order chi connectivity index (χ0) is 29.8. The van der Waals surface area contributed by atoms with Crippen LogP contribution in [0.2, 0.25) is 0 Å². The number of hydrogen-bond donors (Lipinski definition) is 4. The van der Waals surface area contributed by atoms with E-state index in [1.54, 1.807) is 0 Å². The number of nitrogens with one attached hydrogen (secondary N) is 1. The fourth-order valence-electron chi connectivity index (χ4n) is 4.04. The topological polar surface area (TPSA) is 210 Å². The van der Waals surface area contributed by atoms with Crippen LogP contribution in [0.4, 0.5) is 18.3 Å². The molecule has 14 nitrogen and oxygen atoms in total. The van der Waals surface area contributed by atoms with Crippen LogP contribution in [-0.2, 0) is 20.6 Å². The highest BCUT2D eigenvalue weighted by atomic mass is 32.2. The first kappa shape index (κ1) is 28.4. The molecule has 20 heteroatoms. The SMILES string of the molecule is Nc1nc(C(=O)C(=O)N[C@@H]2C(=O)N3C(C(=O)O)=C(CSc4cc(C(F)(F)F)n5ncc(C(=O)O)c5n4)CS[C@H]23)cs1. The number of halogens is 3. The minimum atomic E-state index is -4.91. The van der Waals surface area contributed by atoms with Gasteiger partial charge < -0.3 is 21.3 Å². The van der Waals surface area contributed by atoms with Gasteiger partial charge in [-0.1, -0.05) is 0 Å². The zero-order valence-electron chi connectivity index (χ0n) is 19.9. The van der Waals surface area contributed by atoms with Gasteiger partial charge in [0.05, 0.1) is 6.20 Å². The first-order valence-electron chi connectivity index (χ1n) is 11.1. The lowest BCUT2D eigenvalue weighted by atomic mass is 10.0. The van der Waals surface area contributed by atoms with Crippen molar-refractivity contribution in [2.24, 2.45) is 0 Å². The van der Waals surface area contributed by atoms with Gasteiger partial charge in [0.1, 0.15) is 33.4 Å². The third-order valence-corrected chi connectivity index (χ3v) is 8.87. The second-order valence-electron chi connectivity index (χ2n) is 8.38. The Morgan fingerprint density at radius 1 is 1.20 bits per heavy atom. The van der Waals surface area contributed by atoms with Crippen molar-refractivity contribution in [3.63, 3.8) is 0 Å². The molecule has 1 fully saturated rings. The van der Waals surface area contributed by atoms with Crippen LogP contribution in [0, 0.1) is 0 Å². The molecule has 5 N–H and O–H groups in total. The number of nitrogens with two attached hydrogens (primary N) is 1. The number of nitrogen functional groups attached to an aromatic ring is 1. The summed E-state index contributed by atoms with van der Waals surface area (Å²) in [5.74, 6) is -6.16. The lowest BCUT2D eigenvalue weighted by molar-refractivity contribution is -0.150. The number of aromatic carboxylic acids is 1. The molecule has 2 aliphatic rings. The summed E-state index contributed by atoms with van der Waals surface area (Å²) < 4.78 is 41.3. The molecule has 0 radical (unpaired) electrons. The molecule has 3 aromatic rings. The molecule has 1 saturated heterocycles. The van der Waals surface area contributed by atoms with E-state index in [4.69, 9.17) is 5.73 Å². The number of rotatable bonds is 8. The number of anilines is 1. The second kappa shape index (κ2) is 10.3. The largest absolute Gasteiger partial charge is 0.477 e. The molecule has 0 bridgehead atoms. The van der Waals surface area contributed by atoms with E-state index >= 15 is 0 Å². The molecule has 0 saturated carbocycles. The lowest BCUT2D eigenvalue weighted by Crippen LogP contribution is -2.71. The number of carbonyl (C=O) groups is 5. The van der Waals surface area contributed by atoms with E-state index in [0.29, 0.717) is 22.3 Å². The summed E-state index contributed by atoms with van der Waals surface area (Å²) in [6.45, 7) is 0. The minimum Gasteiger partial charge on any atom is -0.477 e. The van der Waals surface area contributed by atoms with Gasteiger partial charge in [-0.05, 0) is 5.57 Å². The van der Waals surface area contributed by atoms with E-state index in [-0.39, 0.29) is 32.9 Å². The Morgan fingerprint density at radius 3 is 2.54 bits per heavy atom. The molecular weight excluding hydrogens is 615 g/mol.